The lowest BCUT2D eigenvalue weighted by atomic mass is 9.98. The van der Waals surface area contributed by atoms with Crippen LogP contribution in [0.15, 0.2) is 72.9 Å². The average molecular weight is 329 g/mol. The molecule has 0 aliphatic rings. The van der Waals surface area contributed by atoms with Crippen molar-refractivity contribution in [1.29, 1.82) is 0 Å². The molecule has 124 valence electrons. The lowest BCUT2D eigenvalue weighted by Crippen LogP contribution is -2.00. The van der Waals surface area contributed by atoms with E-state index in [1.807, 2.05) is 6.07 Å². The predicted molar refractivity (Wildman–Crippen MR) is 102 cm³/mol. The standard InChI is InChI=1S/C22H19NO2/c24-22(25)13-6-14-23-15-20(19-10-3-4-12-21(19)23)18-11-5-8-16-7-1-2-9-17(16)18/h1-5,7-12,15H,6,13-14H2,(H,24,25). The number of aromatic nitrogens is 1. The highest BCUT2D eigenvalue weighted by Crippen LogP contribution is 2.35. The largest absolute Gasteiger partial charge is 0.481 e. The van der Waals surface area contributed by atoms with Gasteiger partial charge in [-0.3, -0.25) is 4.79 Å². The first-order valence-corrected chi connectivity index (χ1v) is 8.52. The van der Waals surface area contributed by atoms with Crippen LogP contribution in [0.3, 0.4) is 0 Å². The van der Waals surface area contributed by atoms with Crippen molar-refractivity contribution in [3.05, 3.63) is 72.9 Å². The quantitative estimate of drug-likeness (QED) is 0.538. The van der Waals surface area contributed by atoms with Crippen LogP contribution in [0.25, 0.3) is 32.8 Å². The van der Waals surface area contributed by atoms with Crippen LogP contribution in [0, 0.1) is 0 Å². The summed E-state index contributed by atoms with van der Waals surface area (Å²) in [5, 5.41) is 12.6. The third-order valence-electron chi connectivity index (χ3n) is 4.66. The number of carbonyl (C=O) groups is 1. The summed E-state index contributed by atoms with van der Waals surface area (Å²) in [6.07, 6.45) is 2.98. The van der Waals surface area contributed by atoms with Crippen LogP contribution in [-0.2, 0) is 11.3 Å². The summed E-state index contributed by atoms with van der Waals surface area (Å²) < 4.78 is 2.18. The van der Waals surface area contributed by atoms with Crippen molar-refractivity contribution in [3.63, 3.8) is 0 Å². The Morgan fingerprint density at radius 3 is 2.40 bits per heavy atom. The van der Waals surface area contributed by atoms with Crippen molar-refractivity contribution in [2.75, 3.05) is 0 Å². The Balaban J connectivity index is 1.85. The van der Waals surface area contributed by atoms with Crippen LogP contribution in [0.4, 0.5) is 0 Å². The number of para-hydroxylation sites is 1. The molecule has 3 heteroatoms. The third-order valence-corrected chi connectivity index (χ3v) is 4.66. The number of benzene rings is 3. The second-order valence-electron chi connectivity index (χ2n) is 6.28. The van der Waals surface area contributed by atoms with E-state index in [1.54, 1.807) is 0 Å². The molecule has 0 atom stereocenters. The van der Waals surface area contributed by atoms with Gasteiger partial charge in [0.2, 0.25) is 0 Å². The number of carboxylic acid groups (broad SMARTS) is 1. The van der Waals surface area contributed by atoms with Crippen molar-refractivity contribution in [2.24, 2.45) is 0 Å². The number of carboxylic acids is 1. The van der Waals surface area contributed by atoms with Gasteiger partial charge in [0.25, 0.3) is 0 Å². The number of aryl methyl sites for hydroxylation is 1. The van der Waals surface area contributed by atoms with E-state index in [0.717, 1.165) is 5.52 Å². The minimum Gasteiger partial charge on any atom is -0.481 e. The fourth-order valence-electron chi connectivity index (χ4n) is 3.51. The second-order valence-corrected chi connectivity index (χ2v) is 6.28. The predicted octanol–water partition coefficient (Wildman–Crippen LogP) is 5.33. The highest BCUT2D eigenvalue weighted by Gasteiger charge is 2.12. The fraction of sp³-hybridized carbons (Fsp3) is 0.136. The van der Waals surface area contributed by atoms with E-state index < -0.39 is 5.97 Å². The van der Waals surface area contributed by atoms with Crippen molar-refractivity contribution in [2.45, 2.75) is 19.4 Å². The van der Waals surface area contributed by atoms with Gasteiger partial charge in [0.15, 0.2) is 0 Å². The fourth-order valence-corrected chi connectivity index (χ4v) is 3.51. The van der Waals surface area contributed by atoms with E-state index in [0.29, 0.717) is 13.0 Å². The minimum atomic E-state index is -0.745. The Hall–Kier alpha value is -3.07. The summed E-state index contributed by atoms with van der Waals surface area (Å²) in [4.78, 5) is 10.8. The van der Waals surface area contributed by atoms with E-state index in [2.05, 4.69) is 71.4 Å². The van der Waals surface area contributed by atoms with Gasteiger partial charge >= 0.3 is 5.97 Å². The van der Waals surface area contributed by atoms with Gasteiger partial charge in [-0.2, -0.15) is 0 Å². The summed E-state index contributed by atoms with van der Waals surface area (Å²) in [5.41, 5.74) is 3.56. The molecule has 0 bridgehead atoms. The van der Waals surface area contributed by atoms with Gasteiger partial charge in [-0.25, -0.2) is 0 Å². The molecular formula is C22H19NO2. The Bertz CT molecular complexity index is 1060. The molecular weight excluding hydrogens is 310 g/mol. The maximum absolute atomic E-state index is 10.8. The van der Waals surface area contributed by atoms with Gasteiger partial charge in [0.05, 0.1) is 0 Å². The molecule has 0 amide bonds. The molecule has 0 fully saturated rings. The molecule has 1 heterocycles. The summed E-state index contributed by atoms with van der Waals surface area (Å²) in [6, 6.07) is 23.1. The van der Waals surface area contributed by atoms with Gasteiger partial charge in [-0.05, 0) is 28.8 Å². The Morgan fingerprint density at radius 1 is 0.840 bits per heavy atom. The minimum absolute atomic E-state index is 0.191. The first-order chi connectivity index (χ1) is 12.2. The van der Waals surface area contributed by atoms with Crippen molar-refractivity contribution < 1.29 is 9.90 Å². The van der Waals surface area contributed by atoms with E-state index >= 15 is 0 Å². The monoisotopic (exact) mass is 329 g/mol. The second kappa shape index (κ2) is 6.44. The highest BCUT2D eigenvalue weighted by molar-refractivity contribution is 6.05. The Kier molecular flexibility index (Phi) is 3.98. The van der Waals surface area contributed by atoms with E-state index in [9.17, 15) is 4.79 Å². The third kappa shape index (κ3) is 2.89. The van der Waals surface area contributed by atoms with Gasteiger partial charge in [-0.15, -0.1) is 0 Å². The average Bonchev–Trinajstić information content (AvgIpc) is 3.00. The first kappa shape index (κ1) is 15.5. The lowest BCUT2D eigenvalue weighted by Gasteiger charge is -2.05. The maximum atomic E-state index is 10.8. The number of hydrogen-bond donors (Lipinski definition) is 1. The smallest absolute Gasteiger partial charge is 0.303 e. The van der Waals surface area contributed by atoms with E-state index in [-0.39, 0.29) is 6.42 Å². The molecule has 4 rings (SSSR count). The van der Waals surface area contributed by atoms with Crippen LogP contribution in [0.1, 0.15) is 12.8 Å². The number of aliphatic carboxylic acids is 1. The maximum Gasteiger partial charge on any atom is 0.303 e. The molecule has 0 unspecified atom stereocenters. The zero-order chi connectivity index (χ0) is 17.2. The number of rotatable bonds is 5. The van der Waals surface area contributed by atoms with Gasteiger partial charge in [0, 0.05) is 35.6 Å². The first-order valence-electron chi connectivity index (χ1n) is 8.52. The van der Waals surface area contributed by atoms with Gasteiger partial charge in [0.1, 0.15) is 0 Å². The summed E-state index contributed by atoms with van der Waals surface area (Å²) in [7, 11) is 0. The molecule has 25 heavy (non-hydrogen) atoms. The molecule has 3 nitrogen and oxygen atoms in total. The molecule has 4 aromatic rings. The molecule has 0 aliphatic heterocycles. The van der Waals surface area contributed by atoms with Gasteiger partial charge in [-0.1, -0.05) is 60.7 Å². The van der Waals surface area contributed by atoms with Gasteiger partial charge < -0.3 is 9.67 Å². The van der Waals surface area contributed by atoms with Crippen LogP contribution in [-0.4, -0.2) is 15.6 Å². The zero-order valence-electron chi connectivity index (χ0n) is 13.9. The summed E-state index contributed by atoms with van der Waals surface area (Å²) >= 11 is 0. The highest BCUT2D eigenvalue weighted by atomic mass is 16.4. The Labute approximate surface area is 146 Å². The van der Waals surface area contributed by atoms with Crippen LogP contribution >= 0.6 is 0 Å². The molecule has 0 saturated carbocycles. The van der Waals surface area contributed by atoms with E-state index in [4.69, 9.17) is 5.11 Å². The number of fused-ring (bicyclic) bond motifs is 2. The van der Waals surface area contributed by atoms with E-state index in [1.165, 1.54) is 27.3 Å². The van der Waals surface area contributed by atoms with Crippen LogP contribution in [0.2, 0.25) is 0 Å². The van der Waals surface area contributed by atoms with Crippen molar-refractivity contribution in [3.8, 4) is 11.1 Å². The normalized spacial score (nSPS) is 11.2. The lowest BCUT2D eigenvalue weighted by molar-refractivity contribution is -0.137. The topological polar surface area (TPSA) is 42.2 Å². The molecule has 0 radical (unpaired) electrons. The zero-order valence-corrected chi connectivity index (χ0v) is 13.9. The van der Waals surface area contributed by atoms with Crippen LogP contribution < -0.4 is 0 Å². The van der Waals surface area contributed by atoms with Crippen LogP contribution in [0.5, 0.6) is 0 Å². The Morgan fingerprint density at radius 2 is 1.56 bits per heavy atom. The molecule has 0 spiro atoms. The number of nitrogens with zero attached hydrogens (tertiary/aromatic N) is 1. The molecule has 1 N–H and O–H groups in total. The molecule has 0 aliphatic carbocycles. The van der Waals surface area contributed by atoms with Crippen molar-refractivity contribution >= 4 is 27.6 Å². The SMILES string of the molecule is O=C(O)CCCn1cc(-c2cccc3ccccc23)c2ccccc21. The molecule has 0 saturated heterocycles. The number of hydrogen-bond acceptors (Lipinski definition) is 1. The van der Waals surface area contributed by atoms with Crippen molar-refractivity contribution in [1.82, 2.24) is 4.57 Å². The molecule has 1 aromatic heterocycles. The summed E-state index contributed by atoms with van der Waals surface area (Å²) in [6.45, 7) is 0.706. The summed E-state index contributed by atoms with van der Waals surface area (Å²) in [5.74, 6) is -0.745. The molecule has 3 aromatic carbocycles.